The summed E-state index contributed by atoms with van der Waals surface area (Å²) in [4.78, 5) is 0. The van der Waals surface area contributed by atoms with Crippen molar-refractivity contribution >= 4 is 27.9 Å². The number of nitrogens with two attached hydrogens (primary N) is 1. The largest absolute Gasteiger partial charge is 0.297 e. The predicted molar refractivity (Wildman–Crippen MR) is 70.9 cm³/mol. The molecule has 84 valence electrons. The van der Waals surface area contributed by atoms with Crippen molar-refractivity contribution in [2.45, 2.75) is 13.5 Å². The van der Waals surface area contributed by atoms with Crippen molar-refractivity contribution in [3.8, 4) is 0 Å². The van der Waals surface area contributed by atoms with Gasteiger partial charge < -0.3 is 0 Å². The molecule has 0 aliphatic carbocycles. The van der Waals surface area contributed by atoms with Crippen molar-refractivity contribution in [2.75, 3.05) is 5.01 Å². The predicted octanol–water partition coefficient (Wildman–Crippen LogP) is 3.59. The van der Waals surface area contributed by atoms with Crippen molar-refractivity contribution in [3.05, 3.63) is 51.9 Å². The van der Waals surface area contributed by atoms with Gasteiger partial charge >= 0.3 is 0 Å². The summed E-state index contributed by atoms with van der Waals surface area (Å²) >= 11 is 7.48. The van der Waals surface area contributed by atoms with E-state index in [4.69, 9.17) is 17.4 Å². The summed E-state index contributed by atoms with van der Waals surface area (Å²) in [5.41, 5.74) is 2.39. The third kappa shape index (κ3) is 2.76. The second-order valence-electron chi connectivity index (χ2n) is 3.72. The highest BCUT2D eigenvalue weighted by Gasteiger charge is 2.04. The second-order valence-corrected chi connectivity index (χ2v) is 5.04. The molecule has 0 radical (unpaired) electrons. The maximum atomic E-state index is 5.99. The molecule has 0 unspecified atom stereocenters. The zero-order valence-electron chi connectivity index (χ0n) is 8.98. The molecule has 0 saturated heterocycles. The van der Waals surface area contributed by atoms with Gasteiger partial charge in [-0.05, 0) is 41.6 Å². The van der Waals surface area contributed by atoms with E-state index < -0.39 is 0 Å². The summed E-state index contributed by atoms with van der Waals surface area (Å²) in [5.74, 6) is 5.99. The number of aryl methyl sites for hydroxylation is 1. The number of benzene rings is 1. The van der Waals surface area contributed by atoms with Crippen LogP contribution in [0.25, 0.3) is 0 Å². The number of nitrogens with zero attached hydrogens (tertiary/aromatic N) is 1. The molecule has 0 aliphatic rings. The average molecular weight is 253 g/mol. The first-order valence-electron chi connectivity index (χ1n) is 4.97. The molecular weight excluding hydrogens is 240 g/mol. The molecule has 0 amide bonds. The van der Waals surface area contributed by atoms with Gasteiger partial charge in [0.25, 0.3) is 0 Å². The Labute approximate surface area is 104 Å². The molecule has 0 fully saturated rings. The van der Waals surface area contributed by atoms with E-state index in [9.17, 15) is 0 Å². The minimum atomic E-state index is 0.692. The van der Waals surface area contributed by atoms with Crippen LogP contribution in [-0.4, -0.2) is 0 Å². The normalized spacial score (nSPS) is 10.4. The van der Waals surface area contributed by atoms with Crippen LogP contribution in [0, 0.1) is 6.92 Å². The Hall–Kier alpha value is -1.03. The molecule has 1 aromatic carbocycles. The van der Waals surface area contributed by atoms with Crippen LogP contribution in [0.1, 0.15) is 11.1 Å². The summed E-state index contributed by atoms with van der Waals surface area (Å²) in [6.07, 6.45) is 0. The number of hydrogen-bond donors (Lipinski definition) is 1. The van der Waals surface area contributed by atoms with Crippen LogP contribution in [-0.2, 0) is 6.54 Å². The molecule has 0 spiro atoms. The number of rotatable bonds is 3. The first kappa shape index (κ1) is 11.5. The van der Waals surface area contributed by atoms with Crippen molar-refractivity contribution in [2.24, 2.45) is 5.84 Å². The van der Waals surface area contributed by atoms with Crippen LogP contribution in [0.15, 0.2) is 35.7 Å². The van der Waals surface area contributed by atoms with Crippen LogP contribution in [0.5, 0.6) is 0 Å². The number of hydrogen-bond acceptors (Lipinski definition) is 3. The first-order chi connectivity index (χ1) is 7.65. The Bertz CT molecular complexity index is 464. The molecule has 2 N–H and O–H groups in total. The van der Waals surface area contributed by atoms with Gasteiger partial charge in [0, 0.05) is 5.02 Å². The molecule has 1 aromatic heterocycles. The molecule has 0 atom stereocenters. The van der Waals surface area contributed by atoms with Gasteiger partial charge in [0.15, 0.2) is 0 Å². The highest BCUT2D eigenvalue weighted by molar-refractivity contribution is 7.14. The van der Waals surface area contributed by atoms with Crippen LogP contribution >= 0.6 is 22.9 Å². The van der Waals surface area contributed by atoms with Gasteiger partial charge in [-0.25, -0.2) is 5.84 Å². The van der Waals surface area contributed by atoms with E-state index in [0.29, 0.717) is 6.54 Å². The molecular formula is C12H13ClN2S. The summed E-state index contributed by atoms with van der Waals surface area (Å²) < 4.78 is 0. The van der Waals surface area contributed by atoms with Crippen LogP contribution in [0.2, 0.25) is 5.02 Å². The Morgan fingerprint density at radius 1 is 1.31 bits per heavy atom. The maximum absolute atomic E-state index is 5.99. The van der Waals surface area contributed by atoms with Gasteiger partial charge in [0.1, 0.15) is 5.00 Å². The summed E-state index contributed by atoms with van der Waals surface area (Å²) in [6, 6.07) is 9.82. The zero-order chi connectivity index (χ0) is 11.5. The van der Waals surface area contributed by atoms with Gasteiger partial charge in [-0.2, -0.15) is 0 Å². The van der Waals surface area contributed by atoms with E-state index in [-0.39, 0.29) is 0 Å². The molecule has 0 bridgehead atoms. The molecule has 0 aliphatic heterocycles. The van der Waals surface area contributed by atoms with Crippen LogP contribution in [0.3, 0.4) is 0 Å². The lowest BCUT2D eigenvalue weighted by Crippen LogP contribution is -2.29. The van der Waals surface area contributed by atoms with Crippen molar-refractivity contribution in [3.63, 3.8) is 0 Å². The third-order valence-electron chi connectivity index (χ3n) is 2.27. The Balaban J connectivity index is 2.07. The van der Waals surface area contributed by atoms with Gasteiger partial charge in [-0.1, -0.05) is 23.7 Å². The molecule has 4 heteroatoms. The standard InChI is InChI=1S/C12H13ClN2S/c1-9-6-12(16-8-9)15(14)7-10-2-4-11(13)5-3-10/h2-6,8H,7,14H2,1H3. The van der Waals surface area contributed by atoms with Gasteiger partial charge in [0.05, 0.1) is 6.54 Å². The van der Waals surface area contributed by atoms with Crippen LogP contribution in [0.4, 0.5) is 5.00 Å². The SMILES string of the molecule is Cc1csc(N(N)Cc2ccc(Cl)cc2)c1. The Kier molecular flexibility index (Phi) is 3.49. The van der Waals surface area contributed by atoms with Crippen molar-refractivity contribution in [1.82, 2.24) is 0 Å². The lowest BCUT2D eigenvalue weighted by molar-refractivity contribution is 0.863. The average Bonchev–Trinajstić information content (AvgIpc) is 2.68. The topological polar surface area (TPSA) is 29.3 Å². The number of halogens is 1. The van der Waals surface area contributed by atoms with E-state index in [2.05, 4.69) is 18.4 Å². The number of thiophene rings is 1. The maximum Gasteiger partial charge on any atom is 0.106 e. The number of hydrazine groups is 1. The fourth-order valence-corrected chi connectivity index (χ4v) is 2.39. The first-order valence-corrected chi connectivity index (χ1v) is 6.23. The van der Waals surface area contributed by atoms with E-state index >= 15 is 0 Å². The molecule has 16 heavy (non-hydrogen) atoms. The van der Waals surface area contributed by atoms with Crippen molar-refractivity contribution in [1.29, 1.82) is 0 Å². The molecule has 2 aromatic rings. The van der Waals surface area contributed by atoms with Gasteiger partial charge in [0.2, 0.25) is 0 Å². The quantitative estimate of drug-likeness (QED) is 0.668. The fourth-order valence-electron chi connectivity index (χ4n) is 1.43. The lowest BCUT2D eigenvalue weighted by Gasteiger charge is -2.16. The van der Waals surface area contributed by atoms with Gasteiger partial charge in [-0.15, -0.1) is 11.3 Å². The third-order valence-corrected chi connectivity index (χ3v) is 3.60. The van der Waals surface area contributed by atoms with E-state index in [1.807, 2.05) is 24.3 Å². The Morgan fingerprint density at radius 3 is 2.56 bits per heavy atom. The summed E-state index contributed by atoms with van der Waals surface area (Å²) in [5, 5.41) is 5.67. The van der Waals surface area contributed by atoms with E-state index in [1.165, 1.54) is 5.56 Å². The lowest BCUT2D eigenvalue weighted by atomic mass is 10.2. The van der Waals surface area contributed by atoms with E-state index in [0.717, 1.165) is 15.6 Å². The molecule has 1 heterocycles. The minimum absolute atomic E-state index is 0.692. The minimum Gasteiger partial charge on any atom is -0.297 e. The Morgan fingerprint density at radius 2 is 2.00 bits per heavy atom. The highest BCUT2D eigenvalue weighted by Crippen LogP contribution is 2.23. The zero-order valence-corrected chi connectivity index (χ0v) is 10.6. The molecule has 0 saturated carbocycles. The molecule has 2 rings (SSSR count). The second kappa shape index (κ2) is 4.87. The molecule has 2 nitrogen and oxygen atoms in total. The smallest absolute Gasteiger partial charge is 0.106 e. The van der Waals surface area contributed by atoms with E-state index in [1.54, 1.807) is 16.3 Å². The summed E-state index contributed by atoms with van der Waals surface area (Å²) in [6.45, 7) is 2.76. The van der Waals surface area contributed by atoms with Crippen molar-refractivity contribution < 1.29 is 0 Å². The highest BCUT2D eigenvalue weighted by atomic mass is 35.5. The van der Waals surface area contributed by atoms with Gasteiger partial charge in [-0.3, -0.25) is 5.01 Å². The summed E-state index contributed by atoms with van der Waals surface area (Å²) in [7, 11) is 0. The monoisotopic (exact) mass is 252 g/mol. The number of anilines is 1. The van der Waals surface area contributed by atoms with Crippen LogP contribution < -0.4 is 10.9 Å². The fraction of sp³-hybridized carbons (Fsp3) is 0.167.